The van der Waals surface area contributed by atoms with Crippen LogP contribution >= 0.6 is 12.6 Å². The molecular weight excluding hydrogens is 190 g/mol. The molecule has 0 aromatic carbocycles. The molecule has 1 heterocycles. The Morgan fingerprint density at radius 3 is 2.92 bits per heavy atom. The summed E-state index contributed by atoms with van der Waals surface area (Å²) >= 11 is 3.97. The second-order valence-corrected chi connectivity index (χ2v) is 3.77. The van der Waals surface area contributed by atoms with Gasteiger partial charge in [0.1, 0.15) is 11.8 Å². The summed E-state index contributed by atoms with van der Waals surface area (Å²) in [6.07, 6.45) is 1.83. The molecule has 1 aliphatic rings. The Hall–Kier alpha value is -0.260. The first-order valence-electron chi connectivity index (χ1n) is 4.33. The van der Waals surface area contributed by atoms with Crippen molar-refractivity contribution in [2.75, 3.05) is 12.4 Å². The number of carbonyl (C=O) groups is 1. The van der Waals surface area contributed by atoms with E-state index in [9.17, 15) is 4.79 Å². The van der Waals surface area contributed by atoms with E-state index < -0.39 is 17.7 Å². The summed E-state index contributed by atoms with van der Waals surface area (Å²) in [4.78, 5) is 10.7. The monoisotopic (exact) mass is 205 g/mol. The predicted molar refractivity (Wildman–Crippen MR) is 52.0 cm³/mol. The van der Waals surface area contributed by atoms with Crippen LogP contribution in [0.5, 0.6) is 0 Å². The van der Waals surface area contributed by atoms with E-state index in [1.165, 1.54) is 0 Å². The van der Waals surface area contributed by atoms with E-state index in [1.54, 1.807) is 0 Å². The average molecular weight is 205 g/mol. The molecule has 0 saturated carbocycles. The number of aliphatic carboxylic acids is 1. The molecule has 0 bridgehead atoms. The molecule has 2 N–H and O–H groups in total. The zero-order chi connectivity index (χ0) is 9.90. The number of ether oxygens (including phenoxy) is 1. The van der Waals surface area contributed by atoms with Gasteiger partial charge in [0.05, 0.1) is 0 Å². The predicted octanol–water partition coefficient (Wildman–Crippen LogP) is 0.486. The van der Waals surface area contributed by atoms with Crippen LogP contribution in [0, 0.1) is 0 Å². The summed E-state index contributed by atoms with van der Waals surface area (Å²) in [5.74, 6) is -0.611. The van der Waals surface area contributed by atoms with Gasteiger partial charge in [-0.2, -0.15) is 12.6 Å². The fourth-order valence-corrected chi connectivity index (χ4v) is 1.69. The van der Waals surface area contributed by atoms with Gasteiger partial charge < -0.3 is 9.84 Å². The quantitative estimate of drug-likeness (QED) is 0.584. The van der Waals surface area contributed by atoms with Crippen molar-refractivity contribution in [3.8, 4) is 0 Å². The maximum absolute atomic E-state index is 10.7. The van der Waals surface area contributed by atoms with Crippen LogP contribution in [0.3, 0.4) is 0 Å². The molecule has 4 nitrogen and oxygen atoms in total. The van der Waals surface area contributed by atoms with Crippen molar-refractivity contribution in [1.82, 2.24) is 5.32 Å². The molecule has 76 valence electrons. The molecule has 1 fully saturated rings. The smallest absolute Gasteiger partial charge is 0.321 e. The van der Waals surface area contributed by atoms with Gasteiger partial charge in [-0.15, -0.1) is 0 Å². The minimum atomic E-state index is -0.883. The molecule has 0 spiro atoms. The number of carboxylic acids is 1. The van der Waals surface area contributed by atoms with Crippen LogP contribution in [0.15, 0.2) is 0 Å². The van der Waals surface area contributed by atoms with Crippen LogP contribution in [0.1, 0.15) is 19.8 Å². The number of hydrogen-bond acceptors (Lipinski definition) is 4. The standard InChI is InChI=1S/C8H15NO3S/c1-8(3-2-4-12-8)9-6(5-13)7(10)11/h6,9,13H,2-5H2,1H3,(H,10,11). The molecule has 13 heavy (non-hydrogen) atoms. The van der Waals surface area contributed by atoms with Gasteiger partial charge in [-0.3, -0.25) is 10.1 Å². The lowest BCUT2D eigenvalue weighted by molar-refractivity contribution is -0.141. The molecular formula is C8H15NO3S. The molecule has 2 unspecified atom stereocenters. The molecule has 5 heteroatoms. The third kappa shape index (κ3) is 2.86. The summed E-state index contributed by atoms with van der Waals surface area (Å²) in [7, 11) is 0. The molecule has 0 aromatic rings. The molecule has 0 amide bonds. The first-order chi connectivity index (χ1) is 6.07. The Labute approximate surface area is 83.1 Å². The van der Waals surface area contributed by atoms with Gasteiger partial charge in [-0.25, -0.2) is 0 Å². The van der Waals surface area contributed by atoms with Gasteiger partial charge >= 0.3 is 5.97 Å². The van der Waals surface area contributed by atoms with Crippen molar-refractivity contribution < 1.29 is 14.6 Å². The molecule has 2 atom stereocenters. The lowest BCUT2D eigenvalue weighted by atomic mass is 10.1. The topological polar surface area (TPSA) is 58.6 Å². The van der Waals surface area contributed by atoms with Gasteiger partial charge in [0.25, 0.3) is 0 Å². The highest BCUT2D eigenvalue weighted by molar-refractivity contribution is 7.80. The summed E-state index contributed by atoms with van der Waals surface area (Å²) in [5.41, 5.74) is -0.480. The van der Waals surface area contributed by atoms with E-state index in [2.05, 4.69) is 17.9 Å². The van der Waals surface area contributed by atoms with Crippen LogP contribution in [0.25, 0.3) is 0 Å². The number of nitrogens with one attached hydrogen (secondary N) is 1. The third-order valence-corrected chi connectivity index (χ3v) is 2.54. The summed E-state index contributed by atoms with van der Waals surface area (Å²) < 4.78 is 5.41. The van der Waals surface area contributed by atoms with Gasteiger partial charge in [0.15, 0.2) is 0 Å². The van der Waals surface area contributed by atoms with Gasteiger partial charge in [-0.1, -0.05) is 0 Å². The Morgan fingerprint density at radius 1 is 1.85 bits per heavy atom. The highest BCUT2D eigenvalue weighted by Crippen LogP contribution is 2.22. The normalized spacial score (nSPS) is 30.3. The Balaban J connectivity index is 2.49. The van der Waals surface area contributed by atoms with Crippen molar-refractivity contribution >= 4 is 18.6 Å². The van der Waals surface area contributed by atoms with Crippen molar-refractivity contribution in [1.29, 1.82) is 0 Å². The van der Waals surface area contributed by atoms with Gasteiger partial charge in [-0.05, 0) is 19.8 Å². The molecule has 1 rings (SSSR count). The Kier molecular flexibility index (Phi) is 3.58. The molecule has 0 aromatic heterocycles. The highest BCUT2D eigenvalue weighted by atomic mass is 32.1. The van der Waals surface area contributed by atoms with E-state index in [4.69, 9.17) is 9.84 Å². The molecule has 0 radical (unpaired) electrons. The van der Waals surface area contributed by atoms with Crippen molar-refractivity contribution in [3.05, 3.63) is 0 Å². The number of hydrogen-bond donors (Lipinski definition) is 3. The maximum atomic E-state index is 10.7. The lowest BCUT2D eigenvalue weighted by Gasteiger charge is -2.28. The second kappa shape index (κ2) is 4.30. The highest BCUT2D eigenvalue weighted by Gasteiger charge is 2.33. The van der Waals surface area contributed by atoms with Gasteiger partial charge in [0, 0.05) is 12.4 Å². The molecule has 0 aliphatic carbocycles. The summed E-state index contributed by atoms with van der Waals surface area (Å²) in [6.45, 7) is 2.57. The van der Waals surface area contributed by atoms with Crippen molar-refractivity contribution in [2.24, 2.45) is 0 Å². The number of rotatable bonds is 4. The van der Waals surface area contributed by atoms with Crippen LogP contribution < -0.4 is 5.32 Å². The second-order valence-electron chi connectivity index (χ2n) is 3.40. The minimum Gasteiger partial charge on any atom is -0.480 e. The van der Waals surface area contributed by atoms with Crippen LogP contribution in [0.2, 0.25) is 0 Å². The molecule has 1 aliphatic heterocycles. The molecule has 1 saturated heterocycles. The minimum absolute atomic E-state index is 0.272. The van der Waals surface area contributed by atoms with E-state index in [1.807, 2.05) is 6.92 Å². The average Bonchev–Trinajstić information content (AvgIpc) is 2.48. The lowest BCUT2D eigenvalue weighted by Crippen LogP contribution is -2.51. The largest absolute Gasteiger partial charge is 0.480 e. The summed E-state index contributed by atoms with van der Waals surface area (Å²) in [6, 6.07) is -0.633. The van der Waals surface area contributed by atoms with E-state index in [0.29, 0.717) is 6.61 Å². The number of carboxylic acid groups (broad SMARTS) is 1. The maximum Gasteiger partial charge on any atom is 0.321 e. The fraction of sp³-hybridized carbons (Fsp3) is 0.875. The Bertz CT molecular complexity index is 192. The van der Waals surface area contributed by atoms with Crippen LogP contribution in [0.4, 0.5) is 0 Å². The van der Waals surface area contributed by atoms with E-state index >= 15 is 0 Å². The first-order valence-corrected chi connectivity index (χ1v) is 4.96. The third-order valence-electron chi connectivity index (χ3n) is 2.18. The fourth-order valence-electron chi connectivity index (χ4n) is 1.45. The number of thiol groups is 1. The SMILES string of the molecule is CC1(NC(CS)C(=O)O)CCCO1. The van der Waals surface area contributed by atoms with Crippen molar-refractivity contribution in [2.45, 2.75) is 31.5 Å². The van der Waals surface area contributed by atoms with E-state index in [0.717, 1.165) is 12.8 Å². The first kappa shape index (κ1) is 10.8. The zero-order valence-corrected chi connectivity index (χ0v) is 8.51. The zero-order valence-electron chi connectivity index (χ0n) is 7.62. The van der Waals surface area contributed by atoms with Gasteiger partial charge in [0.2, 0.25) is 0 Å². The Morgan fingerprint density at radius 2 is 2.54 bits per heavy atom. The summed E-state index contributed by atoms with van der Waals surface area (Å²) in [5, 5.41) is 11.7. The van der Waals surface area contributed by atoms with Crippen LogP contribution in [-0.2, 0) is 9.53 Å². The van der Waals surface area contributed by atoms with Crippen LogP contribution in [-0.4, -0.2) is 35.2 Å². The van der Waals surface area contributed by atoms with Crippen molar-refractivity contribution in [3.63, 3.8) is 0 Å². The van der Waals surface area contributed by atoms with E-state index in [-0.39, 0.29) is 5.75 Å².